The predicted octanol–water partition coefficient (Wildman–Crippen LogP) is 1.25. The minimum absolute atomic E-state index is 0.123. The lowest BCUT2D eigenvalue weighted by molar-refractivity contribution is 0.348. The first-order chi connectivity index (χ1) is 10.7. The maximum atomic E-state index is 11.3. The maximum Gasteiger partial charge on any atom is 0.191 e. The number of hydrogen-bond acceptors (Lipinski definition) is 4. The van der Waals surface area contributed by atoms with Crippen molar-refractivity contribution in [1.29, 1.82) is 0 Å². The molecule has 2 N–H and O–H groups in total. The van der Waals surface area contributed by atoms with Crippen LogP contribution in [0.4, 0.5) is 0 Å². The molecule has 0 saturated heterocycles. The lowest BCUT2D eigenvalue weighted by Gasteiger charge is -2.25. The highest BCUT2D eigenvalue weighted by Gasteiger charge is 2.20. The van der Waals surface area contributed by atoms with E-state index in [1.165, 1.54) is 6.26 Å². The normalized spacial score (nSPS) is 13.0. The van der Waals surface area contributed by atoms with Crippen LogP contribution < -0.4 is 10.6 Å². The summed E-state index contributed by atoms with van der Waals surface area (Å²) in [5.41, 5.74) is 0.908. The van der Waals surface area contributed by atoms with Crippen molar-refractivity contribution in [1.82, 2.24) is 15.6 Å². The topological polar surface area (TPSA) is 83.4 Å². The summed E-state index contributed by atoms with van der Waals surface area (Å²) in [4.78, 5) is 8.46. The van der Waals surface area contributed by atoms with Gasteiger partial charge in [0.2, 0.25) is 0 Å². The highest BCUT2D eigenvalue weighted by atomic mass is 32.2. The maximum absolute atomic E-state index is 11.3. The average molecular weight is 340 g/mol. The molecule has 0 amide bonds. The molecule has 0 spiro atoms. The van der Waals surface area contributed by atoms with Crippen LogP contribution in [0.3, 0.4) is 0 Å². The molecule has 0 aliphatic heterocycles. The Bertz CT molecular complexity index is 598. The number of pyridine rings is 1. The zero-order chi connectivity index (χ0) is 17.3. The molecule has 0 fully saturated rings. The number of guanidine groups is 1. The number of sulfone groups is 1. The molecule has 0 aliphatic rings. The first-order valence-corrected chi connectivity index (χ1v) is 9.80. The lowest BCUT2D eigenvalue weighted by Crippen LogP contribution is -2.43. The van der Waals surface area contributed by atoms with Gasteiger partial charge in [0.05, 0.1) is 5.75 Å². The van der Waals surface area contributed by atoms with Crippen LogP contribution in [0.15, 0.2) is 29.4 Å². The first kappa shape index (κ1) is 19.4. The number of rotatable bonds is 8. The molecule has 1 aromatic rings. The van der Waals surface area contributed by atoms with Gasteiger partial charge in [0, 0.05) is 44.7 Å². The second-order valence-corrected chi connectivity index (χ2v) is 8.73. The quantitative estimate of drug-likeness (QED) is 0.550. The van der Waals surface area contributed by atoms with Crippen molar-refractivity contribution in [2.75, 3.05) is 32.1 Å². The summed E-state index contributed by atoms with van der Waals surface area (Å²) < 4.78 is 22.6. The molecule has 1 heterocycles. The fourth-order valence-corrected chi connectivity index (χ4v) is 2.87. The molecule has 130 valence electrons. The highest BCUT2D eigenvalue weighted by Crippen LogP contribution is 2.19. The molecular weight excluding hydrogens is 312 g/mol. The van der Waals surface area contributed by atoms with Crippen molar-refractivity contribution in [3.05, 3.63) is 30.1 Å². The lowest BCUT2D eigenvalue weighted by atomic mass is 9.90. The van der Waals surface area contributed by atoms with Gasteiger partial charge in [-0.2, -0.15) is 0 Å². The number of nitrogens with zero attached hydrogens (tertiary/aromatic N) is 2. The molecule has 7 heteroatoms. The number of hydrogen-bond donors (Lipinski definition) is 2. The SMILES string of the molecule is CN=C(NCCc1ccccn1)NCC(C)(C)CCS(C)(=O)=O. The Balaban J connectivity index is 2.35. The molecule has 0 saturated carbocycles. The van der Waals surface area contributed by atoms with E-state index in [0.29, 0.717) is 18.9 Å². The molecular formula is C16H28N4O2S. The molecule has 1 rings (SSSR count). The van der Waals surface area contributed by atoms with Gasteiger partial charge in [-0.1, -0.05) is 19.9 Å². The van der Waals surface area contributed by atoms with Crippen LogP contribution in [0.5, 0.6) is 0 Å². The van der Waals surface area contributed by atoms with Gasteiger partial charge in [-0.05, 0) is 24.0 Å². The molecule has 0 atom stereocenters. The zero-order valence-corrected chi connectivity index (χ0v) is 15.3. The van der Waals surface area contributed by atoms with Gasteiger partial charge >= 0.3 is 0 Å². The highest BCUT2D eigenvalue weighted by molar-refractivity contribution is 7.90. The van der Waals surface area contributed by atoms with Crippen LogP contribution in [0.1, 0.15) is 26.0 Å². The van der Waals surface area contributed by atoms with Gasteiger partial charge in [-0.25, -0.2) is 8.42 Å². The monoisotopic (exact) mass is 340 g/mol. The Labute approximate surface area is 139 Å². The molecule has 0 aromatic carbocycles. The zero-order valence-electron chi connectivity index (χ0n) is 14.5. The fourth-order valence-electron chi connectivity index (χ4n) is 1.95. The van der Waals surface area contributed by atoms with E-state index in [9.17, 15) is 8.42 Å². The Morgan fingerprint density at radius 3 is 2.61 bits per heavy atom. The van der Waals surface area contributed by atoms with Crippen molar-refractivity contribution < 1.29 is 8.42 Å². The Morgan fingerprint density at radius 2 is 2.04 bits per heavy atom. The smallest absolute Gasteiger partial charge is 0.191 e. The summed E-state index contributed by atoms with van der Waals surface area (Å²) in [6, 6.07) is 5.86. The van der Waals surface area contributed by atoms with E-state index in [4.69, 9.17) is 0 Å². The molecule has 0 unspecified atom stereocenters. The van der Waals surface area contributed by atoms with Gasteiger partial charge in [0.25, 0.3) is 0 Å². The van der Waals surface area contributed by atoms with E-state index in [1.54, 1.807) is 13.2 Å². The molecule has 0 bridgehead atoms. The first-order valence-electron chi connectivity index (χ1n) is 7.74. The average Bonchev–Trinajstić information content (AvgIpc) is 2.49. The van der Waals surface area contributed by atoms with E-state index < -0.39 is 9.84 Å². The third kappa shape index (κ3) is 9.18. The number of aromatic nitrogens is 1. The summed E-state index contributed by atoms with van der Waals surface area (Å²) in [6.07, 6.45) is 4.49. The van der Waals surface area contributed by atoms with E-state index in [0.717, 1.165) is 18.7 Å². The van der Waals surface area contributed by atoms with Crippen LogP contribution in [0.2, 0.25) is 0 Å². The summed E-state index contributed by atoms with van der Waals surface area (Å²) in [7, 11) is -1.21. The summed E-state index contributed by atoms with van der Waals surface area (Å²) >= 11 is 0. The van der Waals surface area contributed by atoms with Crippen molar-refractivity contribution >= 4 is 15.8 Å². The largest absolute Gasteiger partial charge is 0.356 e. The molecule has 6 nitrogen and oxygen atoms in total. The Kier molecular flexibility index (Phi) is 7.48. The fraction of sp³-hybridized carbons (Fsp3) is 0.625. The third-order valence-electron chi connectivity index (χ3n) is 3.51. The van der Waals surface area contributed by atoms with Crippen molar-refractivity contribution in [2.45, 2.75) is 26.7 Å². The van der Waals surface area contributed by atoms with E-state index in [-0.39, 0.29) is 11.2 Å². The van der Waals surface area contributed by atoms with Gasteiger partial charge < -0.3 is 10.6 Å². The second kappa shape index (κ2) is 8.86. The van der Waals surface area contributed by atoms with E-state index >= 15 is 0 Å². The number of nitrogens with one attached hydrogen (secondary N) is 2. The van der Waals surface area contributed by atoms with Crippen LogP contribution in [0.25, 0.3) is 0 Å². The summed E-state index contributed by atoms with van der Waals surface area (Å²) in [5.74, 6) is 0.918. The number of aliphatic imine (C=N–C) groups is 1. The molecule has 23 heavy (non-hydrogen) atoms. The van der Waals surface area contributed by atoms with Gasteiger partial charge in [0.1, 0.15) is 9.84 Å². The third-order valence-corrected chi connectivity index (χ3v) is 4.45. The Morgan fingerprint density at radius 1 is 1.30 bits per heavy atom. The van der Waals surface area contributed by atoms with Gasteiger partial charge in [-0.3, -0.25) is 9.98 Å². The summed E-state index contributed by atoms with van der Waals surface area (Å²) in [5, 5.41) is 6.50. The van der Waals surface area contributed by atoms with Gasteiger partial charge in [0.15, 0.2) is 5.96 Å². The minimum atomic E-state index is -2.93. The second-order valence-electron chi connectivity index (χ2n) is 6.47. The van der Waals surface area contributed by atoms with Crippen LogP contribution in [0, 0.1) is 5.41 Å². The van der Waals surface area contributed by atoms with Gasteiger partial charge in [-0.15, -0.1) is 0 Å². The predicted molar refractivity (Wildman–Crippen MR) is 95.4 cm³/mol. The summed E-state index contributed by atoms with van der Waals surface area (Å²) in [6.45, 7) is 5.49. The van der Waals surface area contributed by atoms with Crippen LogP contribution in [-0.2, 0) is 16.3 Å². The van der Waals surface area contributed by atoms with Crippen molar-refractivity contribution in [3.8, 4) is 0 Å². The standard InChI is InChI=1S/C16H28N4O2S/c1-16(2,9-12-23(4,21)22)13-20-15(17-3)19-11-8-14-7-5-6-10-18-14/h5-7,10H,8-9,11-13H2,1-4H3,(H2,17,19,20). The molecule has 1 aromatic heterocycles. The molecule has 0 radical (unpaired) electrons. The van der Waals surface area contributed by atoms with E-state index in [2.05, 4.69) is 20.6 Å². The van der Waals surface area contributed by atoms with E-state index in [1.807, 2.05) is 32.0 Å². The van der Waals surface area contributed by atoms with Crippen LogP contribution >= 0.6 is 0 Å². The molecule has 0 aliphatic carbocycles. The minimum Gasteiger partial charge on any atom is -0.356 e. The van der Waals surface area contributed by atoms with Crippen molar-refractivity contribution in [3.63, 3.8) is 0 Å². The Hall–Kier alpha value is -1.63. The van der Waals surface area contributed by atoms with Crippen LogP contribution in [-0.4, -0.2) is 51.5 Å². The van der Waals surface area contributed by atoms with Crippen molar-refractivity contribution in [2.24, 2.45) is 10.4 Å².